The second-order valence-corrected chi connectivity index (χ2v) is 7.72. The minimum atomic E-state index is -0.670. The second-order valence-electron chi connectivity index (χ2n) is 7.72. The fourth-order valence-corrected chi connectivity index (χ4v) is 3.97. The highest BCUT2D eigenvalue weighted by atomic mass is 16.5. The lowest BCUT2D eigenvalue weighted by molar-refractivity contribution is -0.108. The molecule has 1 atom stereocenters. The molecule has 9 heteroatoms. The van der Waals surface area contributed by atoms with Crippen LogP contribution in [0.5, 0.6) is 11.6 Å². The highest BCUT2D eigenvalue weighted by Gasteiger charge is 2.30. The Labute approximate surface area is 196 Å². The normalized spacial score (nSPS) is 13.2. The zero-order chi connectivity index (χ0) is 24.1. The van der Waals surface area contributed by atoms with Gasteiger partial charge in [0.25, 0.3) is 5.91 Å². The lowest BCUT2D eigenvalue weighted by Crippen LogP contribution is -2.42. The molecule has 4 rings (SSSR count). The molecule has 0 aliphatic carbocycles. The molecule has 1 aliphatic heterocycles. The van der Waals surface area contributed by atoms with Crippen LogP contribution in [0.4, 0.5) is 4.79 Å². The fourth-order valence-electron chi connectivity index (χ4n) is 3.97. The van der Waals surface area contributed by atoms with Gasteiger partial charge in [-0.1, -0.05) is 30.3 Å². The van der Waals surface area contributed by atoms with Gasteiger partial charge < -0.3 is 20.1 Å². The third-order valence-corrected chi connectivity index (χ3v) is 5.58. The van der Waals surface area contributed by atoms with Gasteiger partial charge in [-0.05, 0) is 47.9 Å². The Bertz CT molecular complexity index is 1210. The molecule has 2 heterocycles. The number of fused-ring (bicyclic) bond motifs is 1. The van der Waals surface area contributed by atoms with Crippen molar-refractivity contribution < 1.29 is 24.2 Å². The number of amides is 4. The van der Waals surface area contributed by atoms with Gasteiger partial charge in [0.15, 0.2) is 0 Å². The Morgan fingerprint density at radius 2 is 2.00 bits per heavy atom. The molecule has 174 valence electrons. The van der Waals surface area contributed by atoms with Crippen LogP contribution in [0.15, 0.2) is 60.8 Å². The van der Waals surface area contributed by atoms with E-state index in [0.29, 0.717) is 36.4 Å². The summed E-state index contributed by atoms with van der Waals surface area (Å²) in [4.78, 5) is 41.5. The number of aromatic nitrogens is 1. The Morgan fingerprint density at radius 3 is 2.71 bits per heavy atom. The predicted octanol–water partition coefficient (Wildman–Crippen LogP) is 3.01. The van der Waals surface area contributed by atoms with Gasteiger partial charge in [-0.25, -0.2) is 9.78 Å². The van der Waals surface area contributed by atoms with Crippen LogP contribution in [0.25, 0.3) is 11.1 Å². The molecule has 1 aliphatic rings. The number of nitrogens with one attached hydrogen (secondary N) is 2. The van der Waals surface area contributed by atoms with Crippen LogP contribution in [0.1, 0.15) is 34.5 Å². The topological polar surface area (TPSA) is 121 Å². The molecular weight excluding hydrogens is 436 g/mol. The Kier molecular flexibility index (Phi) is 6.72. The van der Waals surface area contributed by atoms with E-state index < -0.39 is 12.1 Å². The van der Waals surface area contributed by atoms with E-state index in [1.54, 1.807) is 47.4 Å². The molecule has 0 saturated heterocycles. The number of hydrogen-bond acceptors (Lipinski definition) is 6. The number of pyridine rings is 1. The fraction of sp³-hybridized carbons (Fsp3) is 0.200. The van der Waals surface area contributed by atoms with Crippen molar-refractivity contribution in [3.05, 3.63) is 77.5 Å². The summed E-state index contributed by atoms with van der Waals surface area (Å²) < 4.78 is 5.51. The van der Waals surface area contributed by atoms with E-state index in [9.17, 15) is 19.5 Å². The van der Waals surface area contributed by atoms with E-state index >= 15 is 0 Å². The number of aromatic hydroxyl groups is 1. The van der Waals surface area contributed by atoms with Crippen molar-refractivity contribution in [2.75, 3.05) is 13.2 Å². The van der Waals surface area contributed by atoms with Gasteiger partial charge in [-0.15, -0.1) is 0 Å². The van der Waals surface area contributed by atoms with Gasteiger partial charge >= 0.3 is 6.03 Å². The van der Waals surface area contributed by atoms with Gasteiger partial charge in [-0.2, -0.15) is 0 Å². The molecule has 0 spiro atoms. The van der Waals surface area contributed by atoms with Crippen LogP contribution >= 0.6 is 0 Å². The van der Waals surface area contributed by atoms with E-state index in [-0.39, 0.29) is 18.3 Å². The molecule has 0 saturated carbocycles. The first-order valence-corrected chi connectivity index (χ1v) is 10.8. The average molecular weight is 460 g/mol. The standard InChI is InChI=1S/C25H24N4O5/c1-2-34-19-10-9-18-13-29(24(32)21(18)12-19)14-22(28-25(33)27-15-30)17-7-5-16(6-8-17)20-4-3-11-26-23(20)31/h3-12,15,22H,2,13-14H2,1H3,(H,26,31)(H2,27,28,30,33)/t22-/m0/s1. The van der Waals surface area contributed by atoms with Crippen molar-refractivity contribution in [3.8, 4) is 22.8 Å². The molecule has 9 nitrogen and oxygen atoms in total. The number of carbonyl (C=O) groups excluding carboxylic acids is 3. The summed E-state index contributed by atoms with van der Waals surface area (Å²) in [5.74, 6) is 0.393. The van der Waals surface area contributed by atoms with Crippen LogP contribution in [-0.4, -0.2) is 46.5 Å². The number of imide groups is 1. The first kappa shape index (κ1) is 22.8. The van der Waals surface area contributed by atoms with Gasteiger partial charge in [0.05, 0.1) is 12.6 Å². The van der Waals surface area contributed by atoms with E-state index in [2.05, 4.69) is 15.6 Å². The van der Waals surface area contributed by atoms with Crippen molar-refractivity contribution in [3.63, 3.8) is 0 Å². The van der Waals surface area contributed by atoms with Crippen molar-refractivity contribution in [1.82, 2.24) is 20.5 Å². The summed E-state index contributed by atoms with van der Waals surface area (Å²) in [6.45, 7) is 2.97. The molecule has 2 aromatic carbocycles. The van der Waals surface area contributed by atoms with Crippen molar-refractivity contribution in [2.45, 2.75) is 19.5 Å². The molecule has 3 aromatic rings. The summed E-state index contributed by atoms with van der Waals surface area (Å²) >= 11 is 0. The zero-order valence-corrected chi connectivity index (χ0v) is 18.5. The molecule has 0 fully saturated rings. The third kappa shape index (κ3) is 4.83. The van der Waals surface area contributed by atoms with Crippen LogP contribution in [0, 0.1) is 0 Å². The predicted molar refractivity (Wildman–Crippen MR) is 124 cm³/mol. The second kappa shape index (κ2) is 10.0. The Morgan fingerprint density at radius 1 is 1.21 bits per heavy atom. The highest BCUT2D eigenvalue weighted by molar-refractivity contribution is 5.98. The first-order chi connectivity index (χ1) is 16.5. The van der Waals surface area contributed by atoms with E-state index in [1.807, 2.05) is 19.1 Å². The van der Waals surface area contributed by atoms with E-state index in [4.69, 9.17) is 4.74 Å². The summed E-state index contributed by atoms with van der Waals surface area (Å²) in [6.07, 6.45) is 1.80. The quantitative estimate of drug-likeness (QED) is 0.445. The highest BCUT2D eigenvalue weighted by Crippen LogP contribution is 2.30. The van der Waals surface area contributed by atoms with Gasteiger partial charge in [-0.3, -0.25) is 14.9 Å². The minimum Gasteiger partial charge on any atom is -0.494 e. The van der Waals surface area contributed by atoms with Crippen molar-refractivity contribution >= 4 is 18.3 Å². The summed E-state index contributed by atoms with van der Waals surface area (Å²) in [7, 11) is 0. The lowest BCUT2D eigenvalue weighted by atomic mass is 10.0. The smallest absolute Gasteiger partial charge is 0.321 e. The van der Waals surface area contributed by atoms with Crippen LogP contribution in [0.3, 0.4) is 0 Å². The number of nitrogens with zero attached hydrogens (tertiary/aromatic N) is 2. The number of rotatable bonds is 8. The van der Waals surface area contributed by atoms with Gasteiger partial charge in [0.2, 0.25) is 12.3 Å². The Hall–Kier alpha value is -4.40. The molecule has 4 amide bonds. The molecule has 3 N–H and O–H groups in total. The SMILES string of the molecule is CCOc1ccc2c(c1)C(=O)N(C[C@H](NC(=O)NC=O)c1ccc(-c3cccnc3O)cc1)C2. The molecular formula is C25H24N4O5. The minimum absolute atomic E-state index is 0.0814. The van der Waals surface area contributed by atoms with Crippen LogP contribution in [0.2, 0.25) is 0 Å². The summed E-state index contributed by atoms with van der Waals surface area (Å²) in [6, 6.07) is 14.9. The summed E-state index contributed by atoms with van der Waals surface area (Å²) in [5.41, 5.74) is 3.51. The summed E-state index contributed by atoms with van der Waals surface area (Å²) in [5, 5.41) is 14.8. The molecule has 0 unspecified atom stereocenters. The van der Waals surface area contributed by atoms with Crippen molar-refractivity contribution in [1.29, 1.82) is 0 Å². The Balaban J connectivity index is 1.57. The van der Waals surface area contributed by atoms with Gasteiger partial charge in [0, 0.05) is 30.4 Å². The number of benzene rings is 2. The number of ether oxygens (including phenoxy) is 1. The van der Waals surface area contributed by atoms with E-state index in [1.165, 1.54) is 6.20 Å². The molecule has 1 aromatic heterocycles. The number of urea groups is 1. The number of hydrogen-bond donors (Lipinski definition) is 3. The molecule has 34 heavy (non-hydrogen) atoms. The first-order valence-electron chi connectivity index (χ1n) is 10.8. The largest absolute Gasteiger partial charge is 0.494 e. The monoisotopic (exact) mass is 460 g/mol. The average Bonchev–Trinajstić information content (AvgIpc) is 3.14. The zero-order valence-electron chi connectivity index (χ0n) is 18.5. The van der Waals surface area contributed by atoms with Crippen LogP contribution < -0.4 is 15.4 Å². The molecule has 0 radical (unpaired) electrons. The third-order valence-electron chi connectivity index (χ3n) is 5.58. The van der Waals surface area contributed by atoms with Crippen LogP contribution in [-0.2, 0) is 11.3 Å². The lowest BCUT2D eigenvalue weighted by Gasteiger charge is -2.25. The number of carbonyl (C=O) groups is 3. The maximum Gasteiger partial charge on any atom is 0.321 e. The maximum atomic E-state index is 13.1. The molecule has 0 bridgehead atoms. The van der Waals surface area contributed by atoms with E-state index in [0.717, 1.165) is 16.7 Å². The van der Waals surface area contributed by atoms with Crippen molar-refractivity contribution in [2.24, 2.45) is 0 Å². The van der Waals surface area contributed by atoms with Gasteiger partial charge in [0.1, 0.15) is 5.75 Å². The maximum absolute atomic E-state index is 13.1.